The Morgan fingerprint density at radius 2 is 1.74 bits per heavy atom. The van der Waals surface area contributed by atoms with E-state index in [1.807, 2.05) is 18.5 Å². The first-order valence-electron chi connectivity index (χ1n) is 11.5. The minimum absolute atomic E-state index is 0.589. The van der Waals surface area contributed by atoms with Crippen LogP contribution in [0.25, 0.3) is 11.0 Å². The Morgan fingerprint density at radius 1 is 0.935 bits per heavy atom. The van der Waals surface area contributed by atoms with Crippen LogP contribution in [0.5, 0.6) is 0 Å². The zero-order valence-corrected chi connectivity index (χ0v) is 18.6. The zero-order chi connectivity index (χ0) is 21.2. The summed E-state index contributed by atoms with van der Waals surface area (Å²) in [6.45, 7) is 8.62. The lowest BCUT2D eigenvalue weighted by atomic mass is 10.2. The van der Waals surface area contributed by atoms with E-state index in [-0.39, 0.29) is 0 Å². The van der Waals surface area contributed by atoms with Gasteiger partial charge in [-0.15, -0.1) is 0 Å². The lowest BCUT2D eigenvalue weighted by Crippen LogP contribution is -2.44. The van der Waals surface area contributed by atoms with E-state index in [0.29, 0.717) is 5.95 Å². The Bertz CT molecular complexity index is 1010. The van der Waals surface area contributed by atoms with E-state index in [0.717, 1.165) is 62.5 Å². The lowest BCUT2D eigenvalue weighted by molar-refractivity contribution is 0.313. The molecular weight excluding hydrogens is 388 g/mol. The standard InChI is InChI=1S/C23H32N8/c1-3-19-15-18-16-25-23(27-22(18)31(19)30-9-5-4-6-10-30)26-21-8-7-20(17-24-21)29-13-11-28(2)12-14-29/h7-8,15-17H,3-6,9-14H2,1-2H3,(H,24,25,26,27). The summed E-state index contributed by atoms with van der Waals surface area (Å²) in [7, 11) is 2.17. The van der Waals surface area contributed by atoms with Gasteiger partial charge in [-0.05, 0) is 50.9 Å². The van der Waals surface area contributed by atoms with Gasteiger partial charge in [-0.2, -0.15) is 4.98 Å². The predicted octanol–water partition coefficient (Wildman–Crippen LogP) is 3.01. The highest BCUT2D eigenvalue weighted by molar-refractivity contribution is 5.78. The number of nitrogens with zero attached hydrogens (tertiary/aromatic N) is 7. The minimum Gasteiger partial charge on any atom is -0.368 e. The molecule has 0 aromatic carbocycles. The first kappa shape index (κ1) is 20.1. The molecule has 2 aliphatic rings. The van der Waals surface area contributed by atoms with Gasteiger partial charge in [0, 0.05) is 56.5 Å². The normalized spacial score (nSPS) is 18.0. The smallest absolute Gasteiger partial charge is 0.230 e. The molecule has 8 nitrogen and oxygen atoms in total. The molecule has 0 amide bonds. The van der Waals surface area contributed by atoms with Crippen molar-refractivity contribution in [2.75, 3.05) is 61.5 Å². The molecule has 164 valence electrons. The molecule has 2 aliphatic heterocycles. The first-order chi connectivity index (χ1) is 15.2. The molecule has 2 saturated heterocycles. The third-order valence-electron chi connectivity index (χ3n) is 6.42. The molecule has 0 spiro atoms. The molecule has 3 aromatic rings. The lowest BCUT2D eigenvalue weighted by Gasteiger charge is -2.33. The number of aromatic nitrogens is 4. The van der Waals surface area contributed by atoms with Gasteiger partial charge >= 0.3 is 0 Å². The fourth-order valence-electron chi connectivity index (χ4n) is 4.56. The zero-order valence-electron chi connectivity index (χ0n) is 18.6. The van der Waals surface area contributed by atoms with Crippen LogP contribution in [0.3, 0.4) is 0 Å². The molecule has 0 saturated carbocycles. The summed E-state index contributed by atoms with van der Waals surface area (Å²) < 4.78 is 2.31. The van der Waals surface area contributed by atoms with Crippen LogP contribution in [-0.4, -0.2) is 70.8 Å². The van der Waals surface area contributed by atoms with Crippen LogP contribution in [0.2, 0.25) is 0 Å². The molecule has 8 heteroatoms. The number of rotatable bonds is 5. The fourth-order valence-corrected chi connectivity index (χ4v) is 4.56. The third kappa shape index (κ3) is 4.17. The third-order valence-corrected chi connectivity index (χ3v) is 6.42. The summed E-state index contributed by atoms with van der Waals surface area (Å²) in [5.74, 6) is 1.36. The highest BCUT2D eigenvalue weighted by atomic mass is 15.6. The van der Waals surface area contributed by atoms with Crippen LogP contribution in [0.4, 0.5) is 17.5 Å². The number of piperidine rings is 1. The highest BCUT2D eigenvalue weighted by Crippen LogP contribution is 2.23. The van der Waals surface area contributed by atoms with Gasteiger partial charge in [0.15, 0.2) is 5.65 Å². The van der Waals surface area contributed by atoms with E-state index in [2.05, 4.69) is 60.9 Å². The molecule has 2 fully saturated rings. The summed E-state index contributed by atoms with van der Waals surface area (Å²) in [4.78, 5) is 18.8. The maximum atomic E-state index is 4.88. The summed E-state index contributed by atoms with van der Waals surface area (Å²) in [5, 5.41) is 6.82. The predicted molar refractivity (Wildman–Crippen MR) is 126 cm³/mol. The van der Waals surface area contributed by atoms with Crippen molar-refractivity contribution in [1.29, 1.82) is 0 Å². The minimum atomic E-state index is 0.589. The number of piperazine rings is 1. The average molecular weight is 421 g/mol. The van der Waals surface area contributed by atoms with Crippen molar-refractivity contribution in [3.63, 3.8) is 0 Å². The molecule has 0 aliphatic carbocycles. The molecule has 3 aromatic heterocycles. The van der Waals surface area contributed by atoms with Crippen molar-refractivity contribution in [1.82, 2.24) is 24.5 Å². The molecule has 5 heterocycles. The summed E-state index contributed by atoms with van der Waals surface area (Å²) >= 11 is 0. The van der Waals surface area contributed by atoms with E-state index in [9.17, 15) is 0 Å². The number of likely N-dealkylation sites (N-methyl/N-ethyl adjacent to an activating group) is 1. The van der Waals surface area contributed by atoms with E-state index in [4.69, 9.17) is 4.98 Å². The second-order valence-electron chi connectivity index (χ2n) is 8.60. The maximum Gasteiger partial charge on any atom is 0.230 e. The van der Waals surface area contributed by atoms with Crippen LogP contribution in [-0.2, 0) is 6.42 Å². The van der Waals surface area contributed by atoms with Crippen LogP contribution in [0.15, 0.2) is 30.6 Å². The van der Waals surface area contributed by atoms with E-state index >= 15 is 0 Å². The van der Waals surface area contributed by atoms with Crippen molar-refractivity contribution in [2.45, 2.75) is 32.6 Å². The maximum absolute atomic E-state index is 4.88. The Morgan fingerprint density at radius 3 is 2.45 bits per heavy atom. The van der Waals surface area contributed by atoms with Gasteiger partial charge in [0.2, 0.25) is 5.95 Å². The molecular formula is C23H32N8. The Kier molecular flexibility index (Phi) is 5.63. The molecule has 31 heavy (non-hydrogen) atoms. The van der Waals surface area contributed by atoms with Crippen molar-refractivity contribution in [3.8, 4) is 0 Å². The summed E-state index contributed by atoms with van der Waals surface area (Å²) in [6.07, 6.45) is 8.63. The number of anilines is 3. The van der Waals surface area contributed by atoms with Gasteiger partial charge < -0.3 is 20.1 Å². The molecule has 0 radical (unpaired) electrons. The Hall–Kier alpha value is -2.87. The quantitative estimate of drug-likeness (QED) is 0.681. The SMILES string of the molecule is CCc1cc2cnc(Nc3ccc(N4CCN(C)CC4)cn3)nc2n1N1CCCCC1. The van der Waals surface area contributed by atoms with Crippen molar-refractivity contribution in [2.24, 2.45) is 0 Å². The summed E-state index contributed by atoms with van der Waals surface area (Å²) in [6, 6.07) is 6.37. The number of hydrogen-bond acceptors (Lipinski definition) is 7. The fraction of sp³-hybridized carbons (Fsp3) is 0.522. The van der Waals surface area contributed by atoms with Crippen LogP contribution in [0, 0.1) is 0 Å². The van der Waals surface area contributed by atoms with Crippen molar-refractivity contribution in [3.05, 3.63) is 36.3 Å². The van der Waals surface area contributed by atoms with Gasteiger partial charge in [0.05, 0.1) is 11.9 Å². The van der Waals surface area contributed by atoms with E-state index in [1.165, 1.54) is 30.6 Å². The molecule has 5 rings (SSSR count). The second kappa shape index (κ2) is 8.70. The topological polar surface area (TPSA) is 65.4 Å². The Labute approximate surface area is 183 Å². The van der Waals surface area contributed by atoms with E-state index in [1.54, 1.807) is 0 Å². The van der Waals surface area contributed by atoms with Crippen molar-refractivity contribution < 1.29 is 0 Å². The average Bonchev–Trinajstić information content (AvgIpc) is 3.19. The second-order valence-corrected chi connectivity index (χ2v) is 8.60. The molecule has 0 unspecified atom stereocenters. The van der Waals surface area contributed by atoms with Crippen LogP contribution >= 0.6 is 0 Å². The van der Waals surface area contributed by atoms with Gasteiger partial charge in [-0.1, -0.05) is 6.92 Å². The Balaban J connectivity index is 1.36. The van der Waals surface area contributed by atoms with Gasteiger partial charge in [0.25, 0.3) is 0 Å². The summed E-state index contributed by atoms with van der Waals surface area (Å²) in [5.41, 5.74) is 3.44. The monoisotopic (exact) mass is 420 g/mol. The number of hydrogen-bond donors (Lipinski definition) is 1. The van der Waals surface area contributed by atoms with Gasteiger partial charge in [-0.25, -0.2) is 14.6 Å². The van der Waals surface area contributed by atoms with Crippen LogP contribution < -0.4 is 15.2 Å². The van der Waals surface area contributed by atoms with Crippen LogP contribution in [0.1, 0.15) is 31.9 Å². The van der Waals surface area contributed by atoms with E-state index < -0.39 is 0 Å². The first-order valence-corrected chi connectivity index (χ1v) is 11.5. The number of fused-ring (bicyclic) bond motifs is 1. The van der Waals surface area contributed by atoms with Crippen molar-refractivity contribution >= 4 is 28.5 Å². The number of nitrogens with one attached hydrogen (secondary N) is 1. The number of aryl methyl sites for hydroxylation is 1. The van der Waals surface area contributed by atoms with Gasteiger partial charge in [0.1, 0.15) is 5.82 Å². The highest BCUT2D eigenvalue weighted by Gasteiger charge is 2.18. The molecule has 0 atom stereocenters. The number of pyridine rings is 1. The van der Waals surface area contributed by atoms with Gasteiger partial charge in [-0.3, -0.25) is 0 Å². The largest absolute Gasteiger partial charge is 0.368 e. The molecule has 0 bridgehead atoms. The molecule has 1 N–H and O–H groups in total.